The topological polar surface area (TPSA) is 100 Å². The fraction of sp³-hybridized carbons (Fsp3) is 0.192. The normalized spacial score (nSPS) is 13.6. The number of hydrogen-bond acceptors (Lipinski definition) is 7. The summed E-state index contributed by atoms with van der Waals surface area (Å²) in [6.07, 6.45) is 1.68. The summed E-state index contributed by atoms with van der Waals surface area (Å²) in [6.45, 7) is 1.67. The summed E-state index contributed by atoms with van der Waals surface area (Å²) in [4.78, 5) is 40.4. The molecule has 3 aromatic heterocycles. The minimum atomic E-state index is -2.55. The Morgan fingerprint density at radius 3 is 2.76 bits per heavy atom. The third-order valence-corrected chi connectivity index (χ3v) is 6.45. The molecule has 0 aliphatic carbocycles. The maximum absolute atomic E-state index is 12.6. The molecule has 11 heteroatoms. The second-order valence-corrected chi connectivity index (χ2v) is 9.37. The van der Waals surface area contributed by atoms with Gasteiger partial charge in [0.25, 0.3) is 11.7 Å². The number of carbonyl (C=O) groups is 2. The van der Waals surface area contributed by atoms with Crippen LogP contribution >= 0.6 is 11.8 Å². The monoisotopic (exact) mass is 520 g/mol. The van der Waals surface area contributed by atoms with Crippen molar-refractivity contribution < 1.29 is 18.4 Å². The summed E-state index contributed by atoms with van der Waals surface area (Å²) >= 11 is 0.395. The van der Waals surface area contributed by atoms with Crippen LogP contribution in [0.25, 0.3) is 22.3 Å². The third kappa shape index (κ3) is 6.00. The van der Waals surface area contributed by atoms with Crippen molar-refractivity contribution in [3.63, 3.8) is 0 Å². The van der Waals surface area contributed by atoms with E-state index in [0.717, 1.165) is 5.39 Å². The van der Waals surface area contributed by atoms with Crippen molar-refractivity contribution in [2.24, 2.45) is 0 Å². The SMILES string of the molecule is O=C1CN(c2cccc(-c3ccc4cnc(CNC(=O)c5cccc(SC(F)F)c5)cc4n3)n2)CCN1. The van der Waals surface area contributed by atoms with E-state index in [-0.39, 0.29) is 24.9 Å². The molecule has 0 unspecified atom stereocenters. The molecule has 0 atom stereocenters. The van der Waals surface area contributed by atoms with Gasteiger partial charge in [-0.2, -0.15) is 8.78 Å². The zero-order valence-electron chi connectivity index (χ0n) is 19.5. The lowest BCUT2D eigenvalue weighted by Crippen LogP contribution is -2.48. The second kappa shape index (κ2) is 10.9. The Labute approximate surface area is 215 Å². The summed E-state index contributed by atoms with van der Waals surface area (Å²) < 4.78 is 25.3. The molecule has 0 radical (unpaired) electrons. The van der Waals surface area contributed by atoms with Crippen molar-refractivity contribution >= 4 is 40.3 Å². The average Bonchev–Trinajstić information content (AvgIpc) is 2.91. The van der Waals surface area contributed by atoms with Crippen LogP contribution in [-0.2, 0) is 11.3 Å². The van der Waals surface area contributed by atoms with Gasteiger partial charge < -0.3 is 15.5 Å². The molecular formula is C26H22F2N6O2S. The fourth-order valence-corrected chi connectivity index (χ4v) is 4.52. The average molecular weight is 521 g/mol. The van der Waals surface area contributed by atoms with E-state index in [1.807, 2.05) is 35.2 Å². The standard InChI is InChI=1S/C26H22F2N6O2S/c27-26(28)37-19-4-1-3-16(11-19)25(36)31-14-18-12-22-17(13-30-18)7-8-21(32-22)20-5-2-6-23(33-20)34-10-9-29-24(35)15-34/h1-8,11-13,26H,9-10,14-15H2,(H,29,35)(H,31,36). The van der Waals surface area contributed by atoms with Gasteiger partial charge in [0.1, 0.15) is 5.82 Å². The molecule has 1 saturated heterocycles. The number of alkyl halides is 2. The highest BCUT2D eigenvalue weighted by atomic mass is 32.2. The van der Waals surface area contributed by atoms with Crippen LogP contribution in [0, 0.1) is 0 Å². The Balaban J connectivity index is 1.31. The first-order valence-corrected chi connectivity index (χ1v) is 12.4. The Bertz CT molecular complexity index is 1470. The highest BCUT2D eigenvalue weighted by Gasteiger charge is 2.18. The number of fused-ring (bicyclic) bond motifs is 1. The number of thioether (sulfide) groups is 1. The number of pyridine rings is 3. The number of benzene rings is 1. The van der Waals surface area contributed by atoms with Crippen molar-refractivity contribution in [3.8, 4) is 11.4 Å². The Morgan fingerprint density at radius 1 is 1.08 bits per heavy atom. The number of aromatic nitrogens is 3. The maximum atomic E-state index is 12.6. The van der Waals surface area contributed by atoms with E-state index >= 15 is 0 Å². The summed E-state index contributed by atoms with van der Waals surface area (Å²) in [7, 11) is 0. The zero-order chi connectivity index (χ0) is 25.8. The minimum absolute atomic E-state index is 0.0332. The predicted octanol–water partition coefficient (Wildman–Crippen LogP) is 3.87. The summed E-state index contributed by atoms with van der Waals surface area (Å²) in [5.74, 6) is -2.26. The van der Waals surface area contributed by atoms with Crippen LogP contribution in [0.4, 0.5) is 14.6 Å². The maximum Gasteiger partial charge on any atom is 0.288 e. The zero-order valence-corrected chi connectivity index (χ0v) is 20.3. The first-order valence-electron chi connectivity index (χ1n) is 11.5. The van der Waals surface area contributed by atoms with E-state index in [9.17, 15) is 18.4 Å². The molecule has 188 valence electrons. The van der Waals surface area contributed by atoms with Crippen LogP contribution < -0.4 is 15.5 Å². The van der Waals surface area contributed by atoms with Crippen LogP contribution in [0.15, 0.2) is 71.8 Å². The molecule has 1 fully saturated rings. The molecule has 0 spiro atoms. The number of halogens is 2. The quantitative estimate of drug-likeness (QED) is 0.357. The van der Waals surface area contributed by atoms with Gasteiger partial charge in [-0.3, -0.25) is 14.6 Å². The largest absolute Gasteiger partial charge is 0.353 e. The molecule has 1 aromatic carbocycles. The summed E-state index contributed by atoms with van der Waals surface area (Å²) in [6, 6.07) is 17.3. The Hall–Kier alpha value is -4.12. The number of rotatable bonds is 7. The molecule has 4 aromatic rings. The lowest BCUT2D eigenvalue weighted by Gasteiger charge is -2.27. The van der Waals surface area contributed by atoms with E-state index < -0.39 is 5.76 Å². The number of piperazine rings is 1. The minimum Gasteiger partial charge on any atom is -0.353 e. The molecule has 37 heavy (non-hydrogen) atoms. The van der Waals surface area contributed by atoms with Crippen LogP contribution in [0.2, 0.25) is 0 Å². The molecular weight excluding hydrogens is 498 g/mol. The number of anilines is 1. The van der Waals surface area contributed by atoms with Crippen molar-refractivity contribution in [2.45, 2.75) is 17.2 Å². The van der Waals surface area contributed by atoms with E-state index in [2.05, 4.69) is 15.6 Å². The summed E-state index contributed by atoms with van der Waals surface area (Å²) in [5, 5.41) is 6.42. The smallest absolute Gasteiger partial charge is 0.288 e. The van der Waals surface area contributed by atoms with E-state index in [1.165, 1.54) is 12.1 Å². The van der Waals surface area contributed by atoms with Crippen molar-refractivity contribution in [1.29, 1.82) is 0 Å². The molecule has 1 aliphatic rings. The van der Waals surface area contributed by atoms with Gasteiger partial charge in [0.15, 0.2) is 0 Å². The highest BCUT2D eigenvalue weighted by Crippen LogP contribution is 2.26. The van der Waals surface area contributed by atoms with Gasteiger partial charge in [-0.1, -0.05) is 23.9 Å². The van der Waals surface area contributed by atoms with E-state index in [1.54, 1.807) is 24.4 Å². The van der Waals surface area contributed by atoms with Crippen LogP contribution in [0.1, 0.15) is 16.1 Å². The van der Waals surface area contributed by atoms with Crippen molar-refractivity contribution in [1.82, 2.24) is 25.6 Å². The third-order valence-electron chi connectivity index (χ3n) is 5.74. The number of carbonyl (C=O) groups excluding carboxylic acids is 2. The second-order valence-electron chi connectivity index (χ2n) is 8.31. The molecule has 5 rings (SSSR count). The molecule has 1 aliphatic heterocycles. The van der Waals surface area contributed by atoms with Crippen LogP contribution in [-0.4, -0.2) is 52.2 Å². The van der Waals surface area contributed by atoms with Gasteiger partial charge in [0.2, 0.25) is 5.91 Å². The van der Waals surface area contributed by atoms with Gasteiger partial charge >= 0.3 is 0 Å². The van der Waals surface area contributed by atoms with Gasteiger partial charge in [0, 0.05) is 35.1 Å². The molecule has 2 amide bonds. The van der Waals surface area contributed by atoms with Gasteiger partial charge in [-0.05, 0) is 48.5 Å². The van der Waals surface area contributed by atoms with Crippen LogP contribution in [0.5, 0.6) is 0 Å². The number of nitrogens with one attached hydrogen (secondary N) is 2. The van der Waals surface area contributed by atoms with Gasteiger partial charge in [-0.15, -0.1) is 0 Å². The van der Waals surface area contributed by atoms with Crippen LogP contribution in [0.3, 0.4) is 0 Å². The van der Waals surface area contributed by atoms with Crippen molar-refractivity contribution in [2.75, 3.05) is 24.5 Å². The van der Waals surface area contributed by atoms with E-state index in [0.29, 0.717) is 63.7 Å². The van der Waals surface area contributed by atoms with Crippen molar-refractivity contribution in [3.05, 3.63) is 78.1 Å². The first-order chi connectivity index (χ1) is 17.9. The Morgan fingerprint density at radius 2 is 1.92 bits per heavy atom. The summed E-state index contributed by atoms with van der Waals surface area (Å²) in [5.41, 5.74) is 2.94. The number of hydrogen-bond donors (Lipinski definition) is 2. The van der Waals surface area contributed by atoms with Gasteiger partial charge in [-0.25, -0.2) is 9.97 Å². The van der Waals surface area contributed by atoms with E-state index in [4.69, 9.17) is 9.97 Å². The predicted molar refractivity (Wildman–Crippen MR) is 137 cm³/mol. The number of amides is 2. The molecule has 0 saturated carbocycles. The molecule has 2 N–H and O–H groups in total. The first kappa shape index (κ1) is 24.6. The molecule has 4 heterocycles. The Kier molecular flexibility index (Phi) is 7.22. The fourth-order valence-electron chi connectivity index (χ4n) is 3.96. The molecule has 0 bridgehead atoms. The lowest BCUT2D eigenvalue weighted by molar-refractivity contribution is -0.120. The molecule has 8 nitrogen and oxygen atoms in total. The highest BCUT2D eigenvalue weighted by molar-refractivity contribution is 7.99. The lowest BCUT2D eigenvalue weighted by atomic mass is 10.1. The van der Waals surface area contributed by atoms with Gasteiger partial charge in [0.05, 0.1) is 35.7 Å². The number of nitrogens with zero attached hydrogens (tertiary/aromatic N) is 4.